The maximum absolute atomic E-state index is 13.1. The average molecular weight is 320 g/mol. The van der Waals surface area contributed by atoms with Crippen LogP contribution in [0.1, 0.15) is 53.4 Å². The highest BCUT2D eigenvalue weighted by Crippen LogP contribution is 2.24. The molecule has 1 aliphatic rings. The quantitative estimate of drug-likeness (QED) is 0.744. The fourth-order valence-electron chi connectivity index (χ4n) is 3.06. The van der Waals surface area contributed by atoms with Crippen LogP contribution in [0.2, 0.25) is 0 Å². The Morgan fingerprint density at radius 2 is 1.90 bits per heavy atom. The van der Waals surface area contributed by atoms with Gasteiger partial charge >= 0.3 is 0 Å². The molecule has 0 saturated carbocycles. The Hall–Kier alpha value is -0.170. The molecule has 0 spiro atoms. The second kappa shape index (κ2) is 8.46. The molecule has 2 N–H and O–H groups in total. The third-order valence-electron chi connectivity index (χ3n) is 4.33. The minimum absolute atomic E-state index is 0.0932. The van der Waals surface area contributed by atoms with Crippen LogP contribution in [0.25, 0.3) is 0 Å². The number of nitrogens with zero attached hydrogens (tertiary/aromatic N) is 2. The molecule has 5 nitrogen and oxygen atoms in total. The van der Waals surface area contributed by atoms with Crippen LogP contribution in [0.4, 0.5) is 0 Å². The van der Waals surface area contributed by atoms with E-state index in [2.05, 4.69) is 27.7 Å². The first kappa shape index (κ1) is 18.9. The van der Waals surface area contributed by atoms with Crippen molar-refractivity contribution in [1.82, 2.24) is 8.61 Å². The van der Waals surface area contributed by atoms with E-state index in [1.165, 1.54) is 0 Å². The predicted molar refractivity (Wildman–Crippen MR) is 88.2 cm³/mol. The Balaban J connectivity index is 2.97. The van der Waals surface area contributed by atoms with Gasteiger partial charge in [-0.2, -0.15) is 17.0 Å². The van der Waals surface area contributed by atoms with Crippen LogP contribution in [-0.2, 0) is 10.2 Å². The van der Waals surface area contributed by atoms with Crippen molar-refractivity contribution in [3.63, 3.8) is 0 Å². The summed E-state index contributed by atoms with van der Waals surface area (Å²) < 4.78 is 29.5. The number of nitrogens with two attached hydrogens (primary N) is 1. The maximum Gasteiger partial charge on any atom is 0.282 e. The molecule has 126 valence electrons. The van der Waals surface area contributed by atoms with E-state index in [9.17, 15) is 8.42 Å². The Kier molecular flexibility index (Phi) is 7.60. The lowest BCUT2D eigenvalue weighted by Gasteiger charge is -2.38. The largest absolute Gasteiger partial charge is 0.330 e. The molecule has 1 aliphatic heterocycles. The normalized spacial score (nSPS) is 21.6. The summed E-state index contributed by atoms with van der Waals surface area (Å²) in [5.74, 6) is 0.631. The summed E-state index contributed by atoms with van der Waals surface area (Å²) in [6.07, 6.45) is 3.67. The van der Waals surface area contributed by atoms with Gasteiger partial charge in [0.25, 0.3) is 10.2 Å². The summed E-state index contributed by atoms with van der Waals surface area (Å²) in [5, 5.41) is 0. The van der Waals surface area contributed by atoms with Crippen LogP contribution in [-0.4, -0.2) is 49.2 Å². The van der Waals surface area contributed by atoms with Gasteiger partial charge < -0.3 is 5.73 Å². The van der Waals surface area contributed by atoms with Crippen molar-refractivity contribution in [1.29, 1.82) is 0 Å². The Morgan fingerprint density at radius 3 is 2.38 bits per heavy atom. The SMILES string of the molecule is CCC(CC)N(CC(C)C)S(=O)(=O)N1CCCC(CN)C1. The van der Waals surface area contributed by atoms with Gasteiger partial charge in [0.15, 0.2) is 0 Å². The number of hydrogen-bond donors (Lipinski definition) is 1. The lowest BCUT2D eigenvalue weighted by molar-refractivity contribution is 0.219. The van der Waals surface area contributed by atoms with E-state index in [1.54, 1.807) is 8.61 Å². The standard InChI is InChI=1S/C15H33N3O2S/c1-5-15(6-2)18(11-13(3)4)21(19,20)17-9-7-8-14(10-16)12-17/h13-15H,5-12,16H2,1-4H3. The molecule has 1 unspecified atom stereocenters. The fraction of sp³-hybridized carbons (Fsp3) is 1.00. The van der Waals surface area contributed by atoms with Gasteiger partial charge in [-0.1, -0.05) is 27.7 Å². The first-order valence-electron chi connectivity index (χ1n) is 8.33. The summed E-state index contributed by atoms with van der Waals surface area (Å²) in [6.45, 7) is 10.7. The van der Waals surface area contributed by atoms with Crippen LogP contribution in [0.15, 0.2) is 0 Å². The molecule has 21 heavy (non-hydrogen) atoms. The summed E-state index contributed by atoms with van der Waals surface area (Å²) in [7, 11) is -3.37. The molecule has 0 aromatic carbocycles. The van der Waals surface area contributed by atoms with Crippen molar-refractivity contribution < 1.29 is 8.42 Å². The Bertz CT molecular complexity index is 394. The molecule has 1 heterocycles. The van der Waals surface area contributed by atoms with Crippen LogP contribution in [0.3, 0.4) is 0 Å². The third-order valence-corrected chi connectivity index (χ3v) is 6.36. The Morgan fingerprint density at radius 1 is 1.29 bits per heavy atom. The first-order valence-corrected chi connectivity index (χ1v) is 9.73. The molecule has 1 saturated heterocycles. The van der Waals surface area contributed by atoms with Gasteiger partial charge in [0.2, 0.25) is 0 Å². The second-order valence-electron chi connectivity index (χ2n) is 6.54. The highest BCUT2D eigenvalue weighted by molar-refractivity contribution is 7.86. The molecule has 0 bridgehead atoms. The van der Waals surface area contributed by atoms with Gasteiger partial charge in [0.1, 0.15) is 0 Å². The van der Waals surface area contributed by atoms with Crippen molar-refractivity contribution in [2.24, 2.45) is 17.6 Å². The van der Waals surface area contributed by atoms with Crippen molar-refractivity contribution in [3.8, 4) is 0 Å². The minimum Gasteiger partial charge on any atom is -0.330 e. The van der Waals surface area contributed by atoms with E-state index in [1.807, 2.05) is 0 Å². The lowest BCUT2D eigenvalue weighted by atomic mass is 10.0. The zero-order valence-corrected chi connectivity index (χ0v) is 14.9. The van der Waals surface area contributed by atoms with E-state index in [0.29, 0.717) is 38.0 Å². The van der Waals surface area contributed by atoms with Crippen LogP contribution in [0, 0.1) is 11.8 Å². The smallest absolute Gasteiger partial charge is 0.282 e. The second-order valence-corrected chi connectivity index (χ2v) is 8.42. The molecule has 0 aliphatic carbocycles. The minimum atomic E-state index is -3.37. The van der Waals surface area contributed by atoms with E-state index in [4.69, 9.17) is 5.73 Å². The zero-order chi connectivity index (χ0) is 16.0. The summed E-state index contributed by atoms with van der Waals surface area (Å²) in [4.78, 5) is 0. The molecule has 6 heteroatoms. The molecule has 1 rings (SSSR count). The van der Waals surface area contributed by atoms with Gasteiger partial charge in [-0.25, -0.2) is 0 Å². The highest BCUT2D eigenvalue weighted by Gasteiger charge is 2.36. The van der Waals surface area contributed by atoms with E-state index >= 15 is 0 Å². The summed E-state index contributed by atoms with van der Waals surface area (Å²) >= 11 is 0. The topological polar surface area (TPSA) is 66.6 Å². The number of rotatable bonds is 8. The van der Waals surface area contributed by atoms with Gasteiger partial charge in [0, 0.05) is 25.7 Å². The highest BCUT2D eigenvalue weighted by atomic mass is 32.2. The third kappa shape index (κ3) is 4.91. The van der Waals surface area contributed by atoms with Gasteiger partial charge in [-0.3, -0.25) is 0 Å². The van der Waals surface area contributed by atoms with Gasteiger partial charge in [0.05, 0.1) is 0 Å². The number of hydrogen-bond acceptors (Lipinski definition) is 3. The predicted octanol–water partition coefficient (Wildman–Crippen LogP) is 2.05. The van der Waals surface area contributed by atoms with Crippen LogP contribution < -0.4 is 5.73 Å². The molecule has 0 aromatic heterocycles. The Labute approximate surface area is 131 Å². The van der Waals surface area contributed by atoms with E-state index < -0.39 is 10.2 Å². The van der Waals surface area contributed by atoms with Gasteiger partial charge in [-0.15, -0.1) is 0 Å². The molecular formula is C15H33N3O2S. The molecule has 0 aromatic rings. The van der Waals surface area contributed by atoms with Crippen molar-refractivity contribution in [2.75, 3.05) is 26.2 Å². The molecule has 1 atom stereocenters. The first-order chi connectivity index (χ1) is 9.86. The molecular weight excluding hydrogens is 286 g/mol. The average Bonchev–Trinajstić information content (AvgIpc) is 2.47. The summed E-state index contributed by atoms with van der Waals surface area (Å²) in [6, 6.07) is 0.0932. The monoisotopic (exact) mass is 319 g/mol. The van der Waals surface area contributed by atoms with Crippen molar-refractivity contribution in [2.45, 2.75) is 59.4 Å². The van der Waals surface area contributed by atoms with E-state index in [-0.39, 0.29) is 6.04 Å². The maximum atomic E-state index is 13.1. The van der Waals surface area contributed by atoms with E-state index in [0.717, 1.165) is 25.7 Å². The van der Waals surface area contributed by atoms with Crippen LogP contribution in [0.5, 0.6) is 0 Å². The zero-order valence-electron chi connectivity index (χ0n) is 14.1. The van der Waals surface area contributed by atoms with Crippen LogP contribution >= 0.6 is 0 Å². The lowest BCUT2D eigenvalue weighted by Crippen LogP contribution is -2.52. The van der Waals surface area contributed by atoms with Crippen molar-refractivity contribution in [3.05, 3.63) is 0 Å². The molecule has 0 amide bonds. The van der Waals surface area contributed by atoms with Gasteiger partial charge in [-0.05, 0) is 44.1 Å². The molecule has 0 radical (unpaired) electrons. The summed E-state index contributed by atoms with van der Waals surface area (Å²) in [5.41, 5.74) is 5.74. The number of piperidine rings is 1. The molecule has 1 fully saturated rings. The van der Waals surface area contributed by atoms with Crippen molar-refractivity contribution >= 4 is 10.2 Å². The fourth-order valence-corrected chi connectivity index (χ4v) is 5.28.